The van der Waals surface area contributed by atoms with Crippen molar-refractivity contribution in [3.63, 3.8) is 0 Å². The van der Waals surface area contributed by atoms with E-state index in [4.69, 9.17) is 5.11 Å². The molecule has 18 heavy (non-hydrogen) atoms. The zero-order valence-electron chi connectivity index (χ0n) is 10.7. The Morgan fingerprint density at radius 2 is 2.11 bits per heavy atom. The van der Waals surface area contributed by atoms with E-state index in [1.165, 1.54) is 5.56 Å². The average Bonchev–Trinajstić information content (AvgIpc) is 2.28. The minimum atomic E-state index is -0.735. The number of rotatable bonds is 4. The molecule has 0 amide bonds. The number of nitrogens with one attached hydrogen (secondary N) is 1. The second-order valence-electron chi connectivity index (χ2n) is 5.04. The van der Waals surface area contributed by atoms with Crippen LogP contribution in [0.4, 0.5) is 0 Å². The number of nitrogens with zero attached hydrogens (tertiary/aromatic N) is 1. The summed E-state index contributed by atoms with van der Waals surface area (Å²) < 4.78 is 0. The van der Waals surface area contributed by atoms with Gasteiger partial charge in [0, 0.05) is 31.7 Å². The Kier molecular flexibility index (Phi) is 4.33. The average molecular weight is 248 g/mol. The lowest BCUT2D eigenvalue weighted by molar-refractivity contribution is -0.137. The molecule has 1 aromatic carbocycles. The summed E-state index contributed by atoms with van der Waals surface area (Å²) in [6.45, 7) is 4.76. The first kappa shape index (κ1) is 13.1. The van der Waals surface area contributed by atoms with E-state index >= 15 is 0 Å². The van der Waals surface area contributed by atoms with Gasteiger partial charge in [0.25, 0.3) is 0 Å². The summed E-state index contributed by atoms with van der Waals surface area (Å²) in [5.74, 6) is -0.735. The number of carbonyl (C=O) groups is 1. The highest BCUT2D eigenvalue weighted by Gasteiger charge is 2.25. The van der Waals surface area contributed by atoms with Crippen LogP contribution in [0.2, 0.25) is 0 Å². The van der Waals surface area contributed by atoms with Gasteiger partial charge in [0.15, 0.2) is 0 Å². The van der Waals surface area contributed by atoms with Crippen LogP contribution in [-0.4, -0.2) is 41.1 Å². The van der Waals surface area contributed by atoms with E-state index < -0.39 is 5.97 Å². The highest BCUT2D eigenvalue weighted by atomic mass is 16.4. The third-order valence-corrected chi connectivity index (χ3v) is 3.20. The molecule has 2 atom stereocenters. The van der Waals surface area contributed by atoms with E-state index in [2.05, 4.69) is 29.3 Å². The van der Waals surface area contributed by atoms with Crippen LogP contribution in [0.1, 0.15) is 18.9 Å². The van der Waals surface area contributed by atoms with E-state index in [-0.39, 0.29) is 12.5 Å². The van der Waals surface area contributed by atoms with E-state index in [0.717, 1.165) is 19.6 Å². The van der Waals surface area contributed by atoms with Crippen molar-refractivity contribution in [1.29, 1.82) is 0 Å². The lowest BCUT2D eigenvalue weighted by Gasteiger charge is -2.37. The molecular formula is C14H20N2O2. The zero-order chi connectivity index (χ0) is 13.0. The maximum atomic E-state index is 10.8. The van der Waals surface area contributed by atoms with Crippen molar-refractivity contribution in [3.05, 3.63) is 35.9 Å². The Morgan fingerprint density at radius 1 is 1.39 bits per heavy atom. The molecule has 98 valence electrons. The van der Waals surface area contributed by atoms with Crippen LogP contribution in [0.5, 0.6) is 0 Å². The molecule has 0 aromatic heterocycles. The first-order valence-electron chi connectivity index (χ1n) is 6.37. The smallest absolute Gasteiger partial charge is 0.304 e. The number of carboxylic acid groups (broad SMARTS) is 1. The molecule has 1 aliphatic rings. The Bertz CT molecular complexity index is 394. The summed E-state index contributed by atoms with van der Waals surface area (Å²) in [4.78, 5) is 13.1. The van der Waals surface area contributed by atoms with Crippen LogP contribution in [0.15, 0.2) is 30.3 Å². The molecule has 1 heterocycles. The van der Waals surface area contributed by atoms with E-state index in [0.29, 0.717) is 6.04 Å². The van der Waals surface area contributed by atoms with Crippen molar-refractivity contribution < 1.29 is 9.90 Å². The molecular weight excluding hydrogens is 228 g/mol. The number of benzene rings is 1. The number of aliphatic carboxylic acids is 1. The van der Waals surface area contributed by atoms with Crippen LogP contribution in [-0.2, 0) is 11.3 Å². The minimum Gasteiger partial charge on any atom is -0.481 e. The Morgan fingerprint density at radius 3 is 2.78 bits per heavy atom. The monoisotopic (exact) mass is 248 g/mol. The number of carboxylic acids is 1. The van der Waals surface area contributed by atoms with Crippen LogP contribution in [0.25, 0.3) is 0 Å². The molecule has 0 aliphatic carbocycles. The van der Waals surface area contributed by atoms with Crippen molar-refractivity contribution in [3.8, 4) is 0 Å². The summed E-state index contributed by atoms with van der Waals surface area (Å²) in [5.41, 5.74) is 1.28. The topological polar surface area (TPSA) is 52.6 Å². The van der Waals surface area contributed by atoms with Crippen LogP contribution >= 0.6 is 0 Å². The molecule has 0 spiro atoms. The number of piperazine rings is 1. The molecule has 4 heteroatoms. The van der Waals surface area contributed by atoms with Crippen molar-refractivity contribution >= 4 is 5.97 Å². The highest BCUT2D eigenvalue weighted by molar-refractivity contribution is 5.67. The fourth-order valence-corrected chi connectivity index (χ4v) is 2.59. The predicted octanol–water partition coefficient (Wildman–Crippen LogP) is 1.32. The maximum Gasteiger partial charge on any atom is 0.304 e. The molecule has 2 rings (SSSR count). The zero-order valence-corrected chi connectivity index (χ0v) is 10.7. The Labute approximate surface area is 108 Å². The molecule has 0 radical (unpaired) electrons. The van der Waals surface area contributed by atoms with E-state index in [1.807, 2.05) is 18.2 Å². The Hall–Kier alpha value is -1.39. The van der Waals surface area contributed by atoms with Crippen molar-refractivity contribution in [1.82, 2.24) is 10.2 Å². The SMILES string of the molecule is C[C@@H]1CN(Cc2ccccc2)C[C@@H](CC(=O)O)N1. The summed E-state index contributed by atoms with van der Waals surface area (Å²) in [6.07, 6.45) is 0.190. The van der Waals surface area contributed by atoms with Gasteiger partial charge in [-0.05, 0) is 12.5 Å². The minimum absolute atomic E-state index is 0.0509. The first-order chi connectivity index (χ1) is 8.63. The summed E-state index contributed by atoms with van der Waals surface area (Å²) >= 11 is 0. The van der Waals surface area contributed by atoms with Gasteiger partial charge in [-0.15, -0.1) is 0 Å². The van der Waals surface area contributed by atoms with Gasteiger partial charge in [-0.3, -0.25) is 9.69 Å². The van der Waals surface area contributed by atoms with Gasteiger partial charge in [0.2, 0.25) is 0 Å². The molecule has 1 fully saturated rings. The van der Waals surface area contributed by atoms with E-state index in [1.54, 1.807) is 0 Å². The van der Waals surface area contributed by atoms with Gasteiger partial charge in [0.1, 0.15) is 0 Å². The van der Waals surface area contributed by atoms with Gasteiger partial charge in [-0.1, -0.05) is 30.3 Å². The van der Waals surface area contributed by atoms with Gasteiger partial charge >= 0.3 is 5.97 Å². The molecule has 0 saturated carbocycles. The standard InChI is InChI=1S/C14H20N2O2/c1-11-8-16(9-12-5-3-2-4-6-12)10-13(15-11)7-14(17)18/h2-6,11,13,15H,7-10H2,1H3,(H,17,18)/t11-,13-/m1/s1. The lowest BCUT2D eigenvalue weighted by Crippen LogP contribution is -2.55. The Balaban J connectivity index is 1.94. The molecule has 0 bridgehead atoms. The van der Waals surface area contributed by atoms with Crippen LogP contribution in [0, 0.1) is 0 Å². The quantitative estimate of drug-likeness (QED) is 0.844. The normalized spacial score (nSPS) is 24.9. The largest absolute Gasteiger partial charge is 0.481 e. The highest BCUT2D eigenvalue weighted by Crippen LogP contribution is 2.11. The second kappa shape index (κ2) is 5.98. The molecule has 2 N–H and O–H groups in total. The molecule has 4 nitrogen and oxygen atoms in total. The number of hydrogen-bond acceptors (Lipinski definition) is 3. The maximum absolute atomic E-state index is 10.8. The van der Waals surface area contributed by atoms with Crippen LogP contribution in [0.3, 0.4) is 0 Å². The van der Waals surface area contributed by atoms with E-state index in [9.17, 15) is 4.79 Å². The molecule has 1 aliphatic heterocycles. The van der Waals surface area contributed by atoms with Crippen molar-refractivity contribution in [2.24, 2.45) is 0 Å². The third kappa shape index (κ3) is 3.82. The van der Waals surface area contributed by atoms with Crippen molar-refractivity contribution in [2.45, 2.75) is 32.0 Å². The summed E-state index contributed by atoms with van der Waals surface area (Å²) in [5, 5.41) is 12.2. The van der Waals surface area contributed by atoms with Gasteiger partial charge in [0.05, 0.1) is 6.42 Å². The fourth-order valence-electron chi connectivity index (χ4n) is 2.59. The molecule has 0 unspecified atom stereocenters. The fraction of sp³-hybridized carbons (Fsp3) is 0.500. The molecule has 1 saturated heterocycles. The summed E-state index contributed by atoms with van der Waals surface area (Å²) in [7, 11) is 0. The predicted molar refractivity (Wildman–Crippen MR) is 70.4 cm³/mol. The lowest BCUT2D eigenvalue weighted by atomic mass is 10.1. The third-order valence-electron chi connectivity index (χ3n) is 3.20. The number of hydrogen-bond donors (Lipinski definition) is 2. The molecule has 1 aromatic rings. The van der Waals surface area contributed by atoms with Crippen molar-refractivity contribution in [2.75, 3.05) is 13.1 Å². The second-order valence-corrected chi connectivity index (χ2v) is 5.04. The van der Waals surface area contributed by atoms with Gasteiger partial charge in [-0.2, -0.15) is 0 Å². The van der Waals surface area contributed by atoms with Gasteiger partial charge in [-0.25, -0.2) is 0 Å². The summed E-state index contributed by atoms with van der Waals surface area (Å²) in [6, 6.07) is 10.7. The van der Waals surface area contributed by atoms with Gasteiger partial charge < -0.3 is 10.4 Å². The first-order valence-corrected chi connectivity index (χ1v) is 6.37. The van der Waals surface area contributed by atoms with Crippen LogP contribution < -0.4 is 5.32 Å².